The zero-order valence-corrected chi connectivity index (χ0v) is 36.0. The minimum Gasteiger partial charge on any atom is -0.458 e. The van der Waals surface area contributed by atoms with Gasteiger partial charge in [0.05, 0.1) is 39.1 Å². The predicted octanol–water partition coefficient (Wildman–Crippen LogP) is 2.19. The van der Waals surface area contributed by atoms with Crippen LogP contribution in [0.3, 0.4) is 0 Å². The van der Waals surface area contributed by atoms with Crippen LogP contribution in [0.1, 0.15) is 81.5 Å². The molecular formula is C45H61N5O13. The number of ether oxygens (including phenoxy) is 7. The molecule has 63 heavy (non-hydrogen) atoms. The number of hydrogen-bond donors (Lipinski definition) is 5. The number of benzene rings is 1. The summed E-state index contributed by atoms with van der Waals surface area (Å²) in [7, 11) is 0. The number of carbonyl (C=O) groups excluding carboxylic acids is 6. The Kier molecular flexibility index (Phi) is 15.2. The zero-order chi connectivity index (χ0) is 44.5. The van der Waals surface area contributed by atoms with E-state index in [4.69, 9.17) is 38.9 Å². The van der Waals surface area contributed by atoms with Crippen molar-refractivity contribution in [2.24, 2.45) is 11.3 Å². The van der Waals surface area contributed by atoms with Crippen molar-refractivity contribution in [1.82, 2.24) is 21.3 Å². The lowest BCUT2D eigenvalue weighted by Gasteiger charge is -2.51. The summed E-state index contributed by atoms with van der Waals surface area (Å²) in [6.45, 7) is 6.48. The highest BCUT2D eigenvalue weighted by Crippen LogP contribution is 2.77. The van der Waals surface area contributed by atoms with E-state index in [-0.39, 0.29) is 47.8 Å². The van der Waals surface area contributed by atoms with Crippen molar-refractivity contribution in [1.29, 1.82) is 0 Å². The van der Waals surface area contributed by atoms with E-state index in [1.807, 2.05) is 6.08 Å². The van der Waals surface area contributed by atoms with Gasteiger partial charge in [0, 0.05) is 55.1 Å². The molecule has 7 atom stereocenters. The van der Waals surface area contributed by atoms with Crippen molar-refractivity contribution >= 4 is 41.8 Å². The molecule has 1 aromatic rings. The molecule has 7 rings (SSSR count). The van der Waals surface area contributed by atoms with Crippen molar-refractivity contribution in [3.05, 3.63) is 52.6 Å². The first-order chi connectivity index (χ1) is 30.6. The minimum atomic E-state index is -0.994. The van der Waals surface area contributed by atoms with Crippen LogP contribution in [0, 0.1) is 11.3 Å². The second-order valence-electron chi connectivity index (χ2n) is 17.1. The summed E-state index contributed by atoms with van der Waals surface area (Å²) in [6, 6.07) is 5.69. The fraction of sp³-hybridized carbons (Fsp3) is 0.644. The number of amides is 4. The number of anilines is 1. The zero-order valence-electron chi connectivity index (χ0n) is 36.0. The molecule has 0 aromatic heterocycles. The van der Waals surface area contributed by atoms with E-state index in [1.165, 1.54) is 0 Å². The van der Waals surface area contributed by atoms with Gasteiger partial charge in [-0.25, -0.2) is 9.59 Å². The number of hydrogen-bond acceptors (Lipinski definition) is 14. The lowest BCUT2D eigenvalue weighted by atomic mass is 9.48. The molecule has 7 unspecified atom stereocenters. The van der Waals surface area contributed by atoms with Crippen LogP contribution in [0.5, 0.6) is 0 Å². The van der Waals surface area contributed by atoms with E-state index < -0.39 is 29.2 Å². The van der Waals surface area contributed by atoms with Gasteiger partial charge in [0.2, 0.25) is 12.3 Å². The van der Waals surface area contributed by atoms with Crippen molar-refractivity contribution in [3.8, 4) is 0 Å². The highest BCUT2D eigenvalue weighted by Gasteiger charge is 2.92. The monoisotopic (exact) mass is 879 g/mol. The predicted molar refractivity (Wildman–Crippen MR) is 225 cm³/mol. The molecule has 3 heterocycles. The number of epoxide rings is 2. The van der Waals surface area contributed by atoms with Gasteiger partial charge in [-0.1, -0.05) is 13.0 Å². The quantitative estimate of drug-likeness (QED) is 0.0280. The molecule has 3 aliphatic heterocycles. The first-order valence-corrected chi connectivity index (χ1v) is 22.3. The van der Waals surface area contributed by atoms with Crippen LogP contribution < -0.4 is 27.0 Å². The number of carbonyl (C=O) groups is 6. The number of nitrogen functional groups attached to an aromatic ring is 1. The number of rotatable bonds is 27. The number of unbranched alkanes of at least 4 members (excludes halogenated alkanes) is 1. The number of nitrogens with one attached hydrogen (secondary N) is 4. The van der Waals surface area contributed by atoms with E-state index in [9.17, 15) is 28.8 Å². The second-order valence-corrected chi connectivity index (χ2v) is 17.1. The third-order valence-corrected chi connectivity index (χ3v) is 13.3. The topological polar surface area (TPSA) is 248 Å². The molecule has 6 aliphatic rings. The van der Waals surface area contributed by atoms with Crippen LogP contribution >= 0.6 is 0 Å². The molecule has 4 amide bonds. The van der Waals surface area contributed by atoms with Gasteiger partial charge in [0.1, 0.15) is 24.4 Å². The summed E-state index contributed by atoms with van der Waals surface area (Å²) < 4.78 is 40.1. The van der Waals surface area contributed by atoms with Crippen molar-refractivity contribution in [2.75, 3.05) is 78.2 Å². The molecule has 2 spiro atoms. The maximum absolute atomic E-state index is 14.0. The van der Waals surface area contributed by atoms with Gasteiger partial charge in [-0.15, -0.1) is 0 Å². The largest absolute Gasteiger partial charge is 0.458 e. The third kappa shape index (κ3) is 9.94. The van der Waals surface area contributed by atoms with Gasteiger partial charge in [-0.3, -0.25) is 19.2 Å². The third-order valence-electron chi connectivity index (χ3n) is 13.3. The molecule has 1 saturated carbocycles. The fourth-order valence-electron chi connectivity index (χ4n) is 10.0. The second kappa shape index (κ2) is 20.7. The highest BCUT2D eigenvalue weighted by atomic mass is 16.7. The number of ketones is 1. The Balaban J connectivity index is 0.775. The molecule has 3 aliphatic carbocycles. The van der Waals surface area contributed by atoms with E-state index >= 15 is 0 Å². The minimum absolute atomic E-state index is 0.0385. The summed E-state index contributed by atoms with van der Waals surface area (Å²) in [4.78, 5) is 75.3. The molecule has 2 saturated heterocycles. The first kappa shape index (κ1) is 46.1. The number of cyclic esters (lactones) is 1. The molecule has 0 radical (unpaired) electrons. The van der Waals surface area contributed by atoms with Crippen molar-refractivity contribution in [3.63, 3.8) is 0 Å². The van der Waals surface area contributed by atoms with E-state index in [2.05, 4.69) is 28.2 Å². The number of alkyl carbamates (subject to hydrolysis) is 1. The van der Waals surface area contributed by atoms with Crippen molar-refractivity contribution < 1.29 is 61.9 Å². The Bertz CT molecular complexity index is 1940. The maximum Gasteiger partial charge on any atom is 0.407 e. The van der Waals surface area contributed by atoms with E-state index in [1.54, 1.807) is 24.3 Å². The van der Waals surface area contributed by atoms with E-state index in [0.717, 1.165) is 24.0 Å². The van der Waals surface area contributed by atoms with Gasteiger partial charge in [-0.2, -0.15) is 0 Å². The lowest BCUT2D eigenvalue weighted by molar-refractivity contribution is -0.136. The summed E-state index contributed by atoms with van der Waals surface area (Å²) in [5.74, 6) is -0.944. The smallest absolute Gasteiger partial charge is 0.407 e. The Labute approximate surface area is 367 Å². The molecule has 18 nitrogen and oxygen atoms in total. The Morgan fingerprint density at radius 3 is 2.43 bits per heavy atom. The molecular weight excluding hydrogens is 819 g/mol. The van der Waals surface area contributed by atoms with Gasteiger partial charge >= 0.3 is 12.1 Å². The highest BCUT2D eigenvalue weighted by molar-refractivity contribution is 6.08. The molecule has 6 N–H and O–H groups in total. The van der Waals surface area contributed by atoms with Gasteiger partial charge in [-0.05, 0) is 106 Å². The number of nitrogens with two attached hydrogens (primary N) is 1. The van der Waals surface area contributed by atoms with Crippen molar-refractivity contribution in [2.45, 2.75) is 101 Å². The van der Waals surface area contributed by atoms with Crippen LogP contribution in [0.25, 0.3) is 0 Å². The van der Waals surface area contributed by atoms with Crippen LogP contribution in [0.4, 0.5) is 10.5 Å². The summed E-state index contributed by atoms with van der Waals surface area (Å²) in [6.07, 6.45) is 7.07. The molecule has 0 bridgehead atoms. The van der Waals surface area contributed by atoms with Gasteiger partial charge in [0.25, 0.3) is 5.91 Å². The fourth-order valence-corrected chi connectivity index (χ4v) is 10.0. The molecule has 3 fully saturated rings. The normalized spacial score (nSPS) is 27.6. The average molecular weight is 880 g/mol. The Morgan fingerprint density at radius 2 is 1.67 bits per heavy atom. The summed E-state index contributed by atoms with van der Waals surface area (Å²) >= 11 is 0. The number of esters is 1. The lowest BCUT2D eigenvalue weighted by Crippen LogP contribution is -2.63. The van der Waals surface area contributed by atoms with Crippen LogP contribution in [-0.4, -0.2) is 138 Å². The average Bonchev–Trinajstić information content (AvgIpc) is 4.17. The molecule has 1 aromatic carbocycles. The van der Waals surface area contributed by atoms with Crippen LogP contribution in [0.2, 0.25) is 0 Å². The number of fused-ring (bicyclic) bond motifs is 2. The SMILES string of the molecule is CC12CCC3=C(COC3=O)C1CC1OC13C(=O)C(CCCOC(=O)NCCCCC(NC(=O)c1cccc(N)c1)C(=O)NCCCOCCOCCOCCCNC=O)=CC1OC123. The van der Waals surface area contributed by atoms with Gasteiger partial charge < -0.3 is 60.2 Å². The van der Waals surface area contributed by atoms with E-state index in [0.29, 0.717) is 140 Å². The Hall–Kier alpha value is -4.88. The maximum atomic E-state index is 14.0. The van der Waals surface area contributed by atoms with Crippen LogP contribution in [-0.2, 0) is 52.3 Å². The standard InChI is InChI=1S/C45H61N5O13/c1-43-13-12-32-33(27-61-41(32)55)34(43)26-36-44(62-36)38(52)29(25-37-45(43,44)63-37)9-5-19-60-42(56)49-15-3-2-11-35(50-39(53)30-8-4-10-31(46)24-30)40(54)48-16-7-18-58-21-23-59-22-20-57-17-6-14-47-28-51/h4,8,10,24-25,28,34-37H,2-3,5-7,9,11-23,26-27,46H2,1H3,(H,47,51)(H,48,54)(H,49,56)(H,50,53). The van der Waals surface area contributed by atoms with Gasteiger partial charge in [0.15, 0.2) is 11.4 Å². The van der Waals surface area contributed by atoms with Crippen LogP contribution in [0.15, 0.2) is 47.1 Å². The molecule has 344 valence electrons. The number of Topliss-reactive ketones (excluding diaryl/α,β-unsaturated/α-hetero) is 1. The summed E-state index contributed by atoms with van der Waals surface area (Å²) in [5.41, 5.74) is 7.04. The summed E-state index contributed by atoms with van der Waals surface area (Å²) in [5, 5.41) is 11.0. The first-order valence-electron chi connectivity index (χ1n) is 22.3. The molecule has 18 heteroatoms. The Morgan fingerprint density at radius 1 is 0.921 bits per heavy atom.